The molecule has 1 aromatic heterocycles. The van der Waals surface area contributed by atoms with E-state index in [0.717, 1.165) is 63.3 Å². The Morgan fingerprint density at radius 1 is 1.39 bits per heavy atom. The highest BCUT2D eigenvalue weighted by atomic mass is 15.1. The lowest BCUT2D eigenvalue weighted by Crippen LogP contribution is -2.30. The van der Waals surface area contributed by atoms with Gasteiger partial charge in [0.25, 0.3) is 0 Å². The highest BCUT2D eigenvalue weighted by Crippen LogP contribution is 2.08. The quantitative estimate of drug-likeness (QED) is 0.500. The number of pyridine rings is 1. The molecular formula is C19H32N4. The summed E-state index contributed by atoms with van der Waals surface area (Å²) in [5.41, 5.74) is 9.15. The maximum absolute atomic E-state index is 5.62. The number of allylic oxidation sites excluding steroid dienone is 1. The topological polar surface area (TPSA) is 54.5 Å². The van der Waals surface area contributed by atoms with E-state index in [1.807, 2.05) is 18.5 Å². The smallest absolute Gasteiger partial charge is 0.0573 e. The summed E-state index contributed by atoms with van der Waals surface area (Å²) in [7, 11) is 0. The number of hydrogen-bond donors (Lipinski definition) is 1. The molecule has 0 bridgehead atoms. The SMILES string of the molecule is CCC/C=C\N=C(/C)CN(CCCCN)Cc1ncccc1C. The zero-order chi connectivity index (χ0) is 16.9. The minimum atomic E-state index is 0.753. The van der Waals surface area contributed by atoms with Gasteiger partial charge >= 0.3 is 0 Å². The van der Waals surface area contributed by atoms with Crippen LogP contribution in [0.3, 0.4) is 0 Å². The molecule has 0 saturated heterocycles. The zero-order valence-electron chi connectivity index (χ0n) is 15.0. The van der Waals surface area contributed by atoms with Gasteiger partial charge in [-0.15, -0.1) is 0 Å². The molecule has 0 unspecified atom stereocenters. The first-order chi connectivity index (χ1) is 11.2. The van der Waals surface area contributed by atoms with Crippen LogP contribution in [0.15, 0.2) is 35.6 Å². The van der Waals surface area contributed by atoms with Crippen molar-refractivity contribution < 1.29 is 0 Å². The Bertz CT molecular complexity index is 494. The van der Waals surface area contributed by atoms with Crippen LogP contribution in [0.25, 0.3) is 0 Å². The zero-order valence-corrected chi connectivity index (χ0v) is 15.0. The van der Waals surface area contributed by atoms with Gasteiger partial charge in [-0.05, 0) is 57.8 Å². The van der Waals surface area contributed by atoms with Crippen LogP contribution in [0.1, 0.15) is 50.8 Å². The van der Waals surface area contributed by atoms with E-state index in [1.54, 1.807) is 0 Å². The van der Waals surface area contributed by atoms with Crippen molar-refractivity contribution in [2.45, 2.75) is 53.0 Å². The lowest BCUT2D eigenvalue weighted by molar-refractivity contribution is 0.292. The van der Waals surface area contributed by atoms with Crippen molar-refractivity contribution in [1.82, 2.24) is 9.88 Å². The third-order valence-corrected chi connectivity index (χ3v) is 3.73. The van der Waals surface area contributed by atoms with Gasteiger partial charge in [0.15, 0.2) is 0 Å². The van der Waals surface area contributed by atoms with Crippen molar-refractivity contribution in [1.29, 1.82) is 0 Å². The number of aryl methyl sites for hydroxylation is 1. The second-order valence-corrected chi connectivity index (χ2v) is 6.01. The number of aliphatic imine (C=N–C) groups is 1. The third-order valence-electron chi connectivity index (χ3n) is 3.73. The summed E-state index contributed by atoms with van der Waals surface area (Å²) in [5, 5.41) is 0. The van der Waals surface area contributed by atoms with E-state index in [2.05, 4.69) is 47.8 Å². The Morgan fingerprint density at radius 3 is 2.91 bits per heavy atom. The van der Waals surface area contributed by atoms with E-state index in [4.69, 9.17) is 5.73 Å². The standard InChI is InChI=1S/C19H32N4/c1-4-5-7-12-21-18(3)15-23(14-8-6-11-20)16-19-17(2)10-9-13-22-19/h7,9-10,12-13H,4-6,8,11,14-16,20H2,1-3H3/b12-7-,21-18+. The summed E-state index contributed by atoms with van der Waals surface area (Å²) in [5.74, 6) is 0. The Labute approximate surface area is 141 Å². The van der Waals surface area contributed by atoms with E-state index in [9.17, 15) is 0 Å². The van der Waals surface area contributed by atoms with Crippen molar-refractivity contribution in [3.05, 3.63) is 41.9 Å². The molecule has 4 heteroatoms. The Balaban J connectivity index is 2.66. The molecule has 2 N–H and O–H groups in total. The third kappa shape index (κ3) is 8.62. The van der Waals surface area contributed by atoms with Gasteiger partial charge in [-0.3, -0.25) is 14.9 Å². The van der Waals surface area contributed by atoms with Gasteiger partial charge in [-0.1, -0.05) is 25.5 Å². The first-order valence-corrected chi connectivity index (χ1v) is 8.68. The summed E-state index contributed by atoms with van der Waals surface area (Å²) in [4.78, 5) is 11.5. The maximum Gasteiger partial charge on any atom is 0.0573 e. The molecule has 0 aliphatic heterocycles. The van der Waals surface area contributed by atoms with Crippen molar-refractivity contribution in [3.63, 3.8) is 0 Å². The molecule has 0 fully saturated rings. The van der Waals surface area contributed by atoms with Crippen molar-refractivity contribution in [2.75, 3.05) is 19.6 Å². The monoisotopic (exact) mass is 316 g/mol. The second-order valence-electron chi connectivity index (χ2n) is 6.01. The van der Waals surface area contributed by atoms with Gasteiger partial charge in [0.05, 0.1) is 5.69 Å². The van der Waals surface area contributed by atoms with Crippen LogP contribution < -0.4 is 5.73 Å². The predicted octanol–water partition coefficient (Wildman–Crippen LogP) is 3.71. The number of unbranched alkanes of at least 4 members (excludes halogenated alkanes) is 2. The van der Waals surface area contributed by atoms with Crippen LogP contribution in [-0.2, 0) is 6.54 Å². The van der Waals surface area contributed by atoms with E-state index in [-0.39, 0.29) is 0 Å². The molecule has 23 heavy (non-hydrogen) atoms. The number of aromatic nitrogens is 1. The van der Waals surface area contributed by atoms with Crippen LogP contribution in [0.5, 0.6) is 0 Å². The minimum Gasteiger partial charge on any atom is -0.330 e. The van der Waals surface area contributed by atoms with Crippen LogP contribution in [0, 0.1) is 6.92 Å². The summed E-state index contributed by atoms with van der Waals surface area (Å²) in [6.45, 7) is 9.91. The number of nitrogens with zero attached hydrogens (tertiary/aromatic N) is 3. The van der Waals surface area contributed by atoms with Crippen molar-refractivity contribution in [3.8, 4) is 0 Å². The fourth-order valence-electron chi connectivity index (χ4n) is 2.38. The molecule has 1 heterocycles. The molecule has 0 aromatic carbocycles. The average molecular weight is 316 g/mol. The second kappa shape index (κ2) is 12.0. The van der Waals surface area contributed by atoms with Crippen LogP contribution in [0.2, 0.25) is 0 Å². The average Bonchev–Trinajstić information content (AvgIpc) is 2.54. The molecule has 0 amide bonds. The first-order valence-electron chi connectivity index (χ1n) is 8.68. The molecule has 0 radical (unpaired) electrons. The number of rotatable bonds is 11. The molecule has 0 aliphatic rings. The molecule has 4 nitrogen and oxygen atoms in total. The van der Waals surface area contributed by atoms with Gasteiger partial charge in [0, 0.05) is 31.2 Å². The molecule has 128 valence electrons. The van der Waals surface area contributed by atoms with Gasteiger partial charge < -0.3 is 5.73 Å². The molecule has 0 saturated carbocycles. The van der Waals surface area contributed by atoms with Gasteiger partial charge in [-0.25, -0.2) is 0 Å². The van der Waals surface area contributed by atoms with E-state index in [1.165, 1.54) is 5.56 Å². The Morgan fingerprint density at radius 2 is 2.22 bits per heavy atom. The normalized spacial score (nSPS) is 12.5. The lowest BCUT2D eigenvalue weighted by Gasteiger charge is -2.22. The highest BCUT2D eigenvalue weighted by Gasteiger charge is 2.09. The van der Waals surface area contributed by atoms with Crippen LogP contribution in [0.4, 0.5) is 0 Å². The maximum atomic E-state index is 5.62. The van der Waals surface area contributed by atoms with Gasteiger partial charge in [0.1, 0.15) is 0 Å². The summed E-state index contributed by atoms with van der Waals surface area (Å²) >= 11 is 0. The first kappa shape index (κ1) is 19.5. The molecule has 0 atom stereocenters. The summed E-state index contributed by atoms with van der Waals surface area (Å²) in [6, 6.07) is 4.11. The van der Waals surface area contributed by atoms with E-state index < -0.39 is 0 Å². The summed E-state index contributed by atoms with van der Waals surface area (Å²) < 4.78 is 0. The highest BCUT2D eigenvalue weighted by molar-refractivity contribution is 5.84. The molecule has 1 aromatic rings. The molecule has 0 spiro atoms. The fraction of sp³-hybridized carbons (Fsp3) is 0.579. The van der Waals surface area contributed by atoms with E-state index >= 15 is 0 Å². The number of hydrogen-bond acceptors (Lipinski definition) is 4. The fourth-order valence-corrected chi connectivity index (χ4v) is 2.38. The molecular weight excluding hydrogens is 284 g/mol. The number of nitrogens with two attached hydrogens (primary N) is 1. The predicted molar refractivity (Wildman–Crippen MR) is 99.7 cm³/mol. The van der Waals surface area contributed by atoms with Gasteiger partial charge in [-0.2, -0.15) is 0 Å². The lowest BCUT2D eigenvalue weighted by atomic mass is 10.2. The Kier molecular flexibility index (Phi) is 10.2. The minimum absolute atomic E-state index is 0.753. The largest absolute Gasteiger partial charge is 0.330 e. The van der Waals surface area contributed by atoms with E-state index in [0.29, 0.717) is 0 Å². The van der Waals surface area contributed by atoms with Crippen LogP contribution in [-0.4, -0.2) is 35.2 Å². The molecule has 0 aliphatic carbocycles. The van der Waals surface area contributed by atoms with Crippen molar-refractivity contribution >= 4 is 5.71 Å². The van der Waals surface area contributed by atoms with Crippen molar-refractivity contribution in [2.24, 2.45) is 10.7 Å². The summed E-state index contributed by atoms with van der Waals surface area (Å²) in [6.07, 6.45) is 10.4. The van der Waals surface area contributed by atoms with Gasteiger partial charge in [0.2, 0.25) is 0 Å². The Hall–Kier alpha value is -1.52. The van der Waals surface area contributed by atoms with Crippen LogP contribution >= 0.6 is 0 Å². The molecule has 1 rings (SSSR count).